The molecule has 21 N–H and O–H groups in total. The van der Waals surface area contributed by atoms with E-state index < -0.39 is 223 Å². The van der Waals surface area contributed by atoms with Gasteiger partial charge in [-0.3, -0.25) is 0 Å². The number of rotatable bonds is 19. The van der Waals surface area contributed by atoms with Gasteiger partial charge in [0.25, 0.3) is 0 Å². The molecular formula is C38H65NO32. The average Bonchev–Trinajstić information content (AvgIpc) is 3.35. The fourth-order valence-corrected chi connectivity index (χ4v) is 8.80. The van der Waals surface area contributed by atoms with Gasteiger partial charge >= 0.3 is 5.97 Å². The van der Waals surface area contributed by atoms with E-state index in [1.165, 1.54) is 0 Å². The van der Waals surface area contributed by atoms with Gasteiger partial charge in [0, 0.05) is 6.54 Å². The lowest BCUT2D eigenvalue weighted by Crippen LogP contribution is -2.68. The number of ether oxygens (including phenoxy) is 12. The third-order valence-corrected chi connectivity index (χ3v) is 12.8. The predicted octanol–water partition coefficient (Wildman–Crippen LogP) is -14.0. The molecule has 6 fully saturated rings. The summed E-state index contributed by atoms with van der Waals surface area (Å²) >= 11 is 0. The number of aliphatic carboxylic acids is 1. The van der Waals surface area contributed by atoms with Crippen molar-refractivity contribution in [3.8, 4) is 0 Å². The monoisotopic (exact) mass is 1050 g/mol. The van der Waals surface area contributed by atoms with E-state index in [0.29, 0.717) is 0 Å². The summed E-state index contributed by atoms with van der Waals surface area (Å²) in [6.07, 6.45) is -58.6. The normalized spacial score (nSPS) is 51.0. The zero-order chi connectivity index (χ0) is 52.3. The Hall–Kier alpha value is -1.77. The minimum Gasteiger partial charge on any atom is -0.479 e. The minimum atomic E-state index is -2.36. The van der Waals surface area contributed by atoms with Gasteiger partial charge in [-0.2, -0.15) is 0 Å². The van der Waals surface area contributed by atoms with Crippen molar-refractivity contribution in [3.05, 3.63) is 0 Å². The van der Waals surface area contributed by atoms with Gasteiger partial charge in [0.1, 0.15) is 140 Å². The van der Waals surface area contributed by atoms with Crippen LogP contribution in [0.15, 0.2) is 0 Å². The lowest BCUT2D eigenvalue weighted by molar-refractivity contribution is -0.393. The van der Waals surface area contributed by atoms with Crippen molar-refractivity contribution in [3.63, 3.8) is 0 Å². The van der Waals surface area contributed by atoms with Crippen LogP contribution in [0.25, 0.3) is 0 Å². The molecule has 6 aliphatic rings. The maximum Gasteiger partial charge on any atom is 0.335 e. The average molecular weight is 1050 g/mol. The quantitative estimate of drug-likeness (QED) is 0.0571. The van der Waals surface area contributed by atoms with Gasteiger partial charge in [-0.25, -0.2) is 4.79 Å². The van der Waals surface area contributed by atoms with Crippen LogP contribution in [0.5, 0.6) is 0 Å². The van der Waals surface area contributed by atoms with Crippen LogP contribution in [0.4, 0.5) is 0 Å². The Morgan fingerprint density at radius 2 is 0.620 bits per heavy atom. The van der Waals surface area contributed by atoms with E-state index in [0.717, 1.165) is 0 Å². The standard InChI is InChI=1S/C38H65NO32/c39-1-2-60-33-21(53)15(47)26(9(4-41)62-33)67-35-22(54)16(48)28(10(5-42)63-35)68-36-23(55)17(49)29(12(7-44)64-36)69-38-25(57)19(51)30(31(71-38)32(58)59)70-37-24(56)18(50)27(11(6-43)65-37)66-34-20(52)14(46)13(45)8(3-40)61-34/h8-31,33-38,40-57H,1-7,39H2,(H,58,59)/t8?,9?,10?,11?,12?,13-,14?,15?,16?,17?,18?,19?,20?,21?,22?,23?,24+,25?,26+,27+,28-,29-,30+,31?,33+,34-,35-,36+,37-,38-/m1/s1. The summed E-state index contributed by atoms with van der Waals surface area (Å²) in [7, 11) is 0. The molecule has 0 amide bonds. The number of carboxylic acids is 1. The van der Waals surface area contributed by atoms with Crippen LogP contribution < -0.4 is 5.73 Å². The molecule has 6 saturated heterocycles. The summed E-state index contributed by atoms with van der Waals surface area (Å²) < 4.78 is 65.8. The first-order chi connectivity index (χ1) is 33.7. The third-order valence-electron chi connectivity index (χ3n) is 12.8. The first kappa shape index (κ1) is 58.5. The van der Waals surface area contributed by atoms with E-state index in [4.69, 9.17) is 62.6 Å². The van der Waals surface area contributed by atoms with E-state index in [9.17, 15) is 102 Å². The molecule has 0 aromatic rings. The summed E-state index contributed by atoms with van der Waals surface area (Å²) in [6.45, 7) is -4.87. The van der Waals surface area contributed by atoms with Gasteiger partial charge in [-0.15, -0.1) is 0 Å². The molecule has 0 aromatic heterocycles. The van der Waals surface area contributed by atoms with E-state index in [-0.39, 0.29) is 13.2 Å². The third kappa shape index (κ3) is 12.3. The van der Waals surface area contributed by atoms with Gasteiger partial charge in [-0.05, 0) is 0 Å². The van der Waals surface area contributed by atoms with E-state index in [2.05, 4.69) is 0 Å². The molecular weight excluding hydrogens is 982 g/mol. The molecule has 414 valence electrons. The molecule has 33 heteroatoms. The van der Waals surface area contributed by atoms with Crippen molar-refractivity contribution in [2.75, 3.05) is 46.2 Å². The van der Waals surface area contributed by atoms with Crippen LogP contribution in [0.1, 0.15) is 0 Å². The number of aliphatic hydroxyl groups excluding tert-OH is 18. The zero-order valence-corrected chi connectivity index (χ0v) is 37.2. The topological polar surface area (TPSA) is 538 Å². The summed E-state index contributed by atoms with van der Waals surface area (Å²) in [5, 5.41) is 201. The highest BCUT2D eigenvalue weighted by Gasteiger charge is 2.58. The van der Waals surface area contributed by atoms with Crippen LogP contribution in [0, 0.1) is 0 Å². The smallest absolute Gasteiger partial charge is 0.335 e. The van der Waals surface area contributed by atoms with Crippen molar-refractivity contribution in [2.45, 2.75) is 184 Å². The maximum absolute atomic E-state index is 12.5. The Balaban J connectivity index is 1.08. The van der Waals surface area contributed by atoms with Gasteiger partial charge in [0.05, 0.1) is 39.6 Å². The van der Waals surface area contributed by atoms with Gasteiger partial charge in [-0.1, -0.05) is 0 Å². The molecule has 30 atom stereocenters. The van der Waals surface area contributed by atoms with Crippen LogP contribution in [0.3, 0.4) is 0 Å². The van der Waals surface area contributed by atoms with Crippen molar-refractivity contribution < 1.29 is 159 Å². The Kier molecular flexibility index (Phi) is 20.9. The number of aliphatic hydroxyl groups is 18. The summed E-state index contributed by atoms with van der Waals surface area (Å²) in [5.41, 5.74) is 5.40. The molecule has 0 aliphatic carbocycles. The van der Waals surface area contributed by atoms with Crippen LogP contribution in [0.2, 0.25) is 0 Å². The second-order valence-electron chi connectivity index (χ2n) is 17.4. The lowest BCUT2D eigenvalue weighted by atomic mass is 9.95. The predicted molar refractivity (Wildman–Crippen MR) is 212 cm³/mol. The SMILES string of the molecule is NCCO[C@H]1OC(CO)[C@H](O[C@H]2OC(CO)[C@@H](O[C@@H]3OC(CO)[C@@H](O[C@@H]4OC(C(=O)O)[C@@H](O[C@H]5OC(CO)[C@H](O[C@H]6OC(CO)[C@@H](O)C(O)C6O)C(O)[C@@H]5O)C(O)C4O)C(O)C3O)C(O)C2O)C(O)C1O. The minimum absolute atomic E-state index is 0.0190. The van der Waals surface area contributed by atoms with E-state index in [1.54, 1.807) is 0 Å². The lowest BCUT2D eigenvalue weighted by Gasteiger charge is -2.49. The number of hydrogen-bond donors (Lipinski definition) is 20. The Labute approximate surface area is 400 Å². The molecule has 6 aliphatic heterocycles. The summed E-state index contributed by atoms with van der Waals surface area (Å²) in [4.78, 5) is 12.5. The number of hydrogen-bond acceptors (Lipinski definition) is 32. The molecule has 71 heavy (non-hydrogen) atoms. The molecule has 0 saturated carbocycles. The highest BCUT2D eigenvalue weighted by Crippen LogP contribution is 2.37. The highest BCUT2D eigenvalue weighted by molar-refractivity contribution is 5.73. The van der Waals surface area contributed by atoms with Crippen molar-refractivity contribution in [1.82, 2.24) is 0 Å². The molecule has 0 bridgehead atoms. The summed E-state index contributed by atoms with van der Waals surface area (Å²) in [5.74, 6) is -1.91. The molecule has 0 spiro atoms. The van der Waals surface area contributed by atoms with Gasteiger partial charge in [0.2, 0.25) is 0 Å². The van der Waals surface area contributed by atoms with Crippen molar-refractivity contribution in [2.24, 2.45) is 5.73 Å². The zero-order valence-electron chi connectivity index (χ0n) is 37.2. The fourth-order valence-electron chi connectivity index (χ4n) is 8.80. The molecule has 17 unspecified atom stereocenters. The van der Waals surface area contributed by atoms with E-state index >= 15 is 0 Å². The Bertz CT molecular complexity index is 1640. The first-order valence-corrected chi connectivity index (χ1v) is 22.3. The van der Waals surface area contributed by atoms with Gasteiger partial charge in [0.15, 0.2) is 43.8 Å². The maximum atomic E-state index is 12.5. The van der Waals surface area contributed by atoms with Crippen LogP contribution >= 0.6 is 0 Å². The van der Waals surface area contributed by atoms with Gasteiger partial charge < -0.3 is 160 Å². The number of nitrogens with two attached hydrogens (primary N) is 1. The number of carboxylic acid groups (broad SMARTS) is 1. The Morgan fingerprint density at radius 1 is 0.352 bits per heavy atom. The fraction of sp³-hybridized carbons (Fsp3) is 0.974. The van der Waals surface area contributed by atoms with Crippen molar-refractivity contribution >= 4 is 5.97 Å². The molecule has 0 radical (unpaired) electrons. The van der Waals surface area contributed by atoms with Crippen LogP contribution in [-0.4, -0.2) is 333 Å². The first-order valence-electron chi connectivity index (χ1n) is 22.3. The largest absolute Gasteiger partial charge is 0.479 e. The molecule has 33 nitrogen and oxygen atoms in total. The second kappa shape index (κ2) is 25.4. The highest BCUT2D eigenvalue weighted by atomic mass is 16.8. The molecule has 6 heterocycles. The van der Waals surface area contributed by atoms with E-state index in [1.807, 2.05) is 0 Å². The van der Waals surface area contributed by atoms with Crippen molar-refractivity contribution in [1.29, 1.82) is 0 Å². The number of carbonyl (C=O) groups is 1. The molecule has 0 aromatic carbocycles. The van der Waals surface area contributed by atoms with Crippen LogP contribution in [-0.2, 0) is 61.6 Å². The second-order valence-corrected chi connectivity index (χ2v) is 17.4. The Morgan fingerprint density at radius 3 is 0.944 bits per heavy atom. The molecule has 6 rings (SSSR count). The summed E-state index contributed by atoms with van der Waals surface area (Å²) in [6, 6.07) is 0.